The van der Waals surface area contributed by atoms with Gasteiger partial charge in [0.25, 0.3) is 0 Å². The zero-order valence-electron chi connectivity index (χ0n) is 11.8. The second-order valence-electron chi connectivity index (χ2n) is 4.61. The summed E-state index contributed by atoms with van der Waals surface area (Å²) in [4.78, 5) is 9.74. The summed E-state index contributed by atoms with van der Waals surface area (Å²) >= 11 is 1.37. The lowest BCUT2D eigenvalue weighted by Crippen LogP contribution is -2.01. The molecule has 6 heteroatoms. The molecule has 20 heavy (non-hydrogen) atoms. The Morgan fingerprint density at radius 2 is 1.70 bits per heavy atom. The van der Waals surface area contributed by atoms with E-state index < -0.39 is 9.84 Å². The van der Waals surface area contributed by atoms with Crippen molar-refractivity contribution in [1.29, 1.82) is 0 Å². The molecule has 0 saturated heterocycles. The highest BCUT2D eigenvalue weighted by molar-refractivity contribution is 8.00. The van der Waals surface area contributed by atoms with E-state index in [2.05, 4.69) is 9.97 Å². The van der Waals surface area contributed by atoms with Crippen LogP contribution < -0.4 is 0 Å². The molecule has 0 aliphatic carbocycles. The van der Waals surface area contributed by atoms with Crippen molar-refractivity contribution in [2.45, 2.75) is 35.6 Å². The van der Waals surface area contributed by atoms with Crippen molar-refractivity contribution in [3.8, 4) is 0 Å². The number of aryl methyl sites for hydroxylation is 2. The van der Waals surface area contributed by atoms with Crippen LogP contribution in [-0.2, 0) is 9.84 Å². The van der Waals surface area contributed by atoms with Crippen LogP contribution in [0.1, 0.15) is 17.1 Å². The van der Waals surface area contributed by atoms with Crippen molar-refractivity contribution < 1.29 is 8.42 Å². The molecule has 2 aromatic rings. The molecule has 0 aliphatic heterocycles. The quantitative estimate of drug-likeness (QED) is 0.816. The number of aromatic nitrogens is 2. The third-order valence-electron chi connectivity index (χ3n) is 2.91. The van der Waals surface area contributed by atoms with Crippen molar-refractivity contribution in [2.24, 2.45) is 0 Å². The number of hydrogen-bond donors (Lipinski definition) is 0. The number of nitrogens with zero attached hydrogens (tertiary/aromatic N) is 2. The molecule has 0 spiro atoms. The minimum atomic E-state index is -3.25. The molecule has 4 nitrogen and oxygen atoms in total. The zero-order valence-corrected chi connectivity index (χ0v) is 13.5. The molecule has 0 fully saturated rings. The molecule has 0 radical (unpaired) electrons. The second-order valence-corrected chi connectivity index (χ2v) is 7.62. The van der Waals surface area contributed by atoms with Gasteiger partial charge in [0.15, 0.2) is 9.84 Å². The minimum absolute atomic E-state index is 0.332. The van der Waals surface area contributed by atoms with E-state index in [0.29, 0.717) is 15.6 Å². The first-order chi connectivity index (χ1) is 9.29. The molecule has 0 unspecified atom stereocenters. The van der Waals surface area contributed by atoms with Crippen LogP contribution in [0, 0.1) is 20.8 Å². The number of sulfone groups is 1. The summed E-state index contributed by atoms with van der Waals surface area (Å²) < 4.78 is 23.6. The summed E-state index contributed by atoms with van der Waals surface area (Å²) in [5.74, 6) is 0.687. The lowest BCUT2D eigenvalue weighted by atomic mass is 10.3. The van der Waals surface area contributed by atoms with E-state index in [9.17, 15) is 8.42 Å². The standard InChI is InChI=1S/C14H16N2O2S2/c1-9-10(2)15-11(3)16-14(9)19-12-7-5-6-8-13(12)20(4,17)18/h5-8H,1-4H3. The highest BCUT2D eigenvalue weighted by Gasteiger charge is 2.15. The maximum atomic E-state index is 11.8. The van der Waals surface area contributed by atoms with Gasteiger partial charge in [-0.2, -0.15) is 0 Å². The van der Waals surface area contributed by atoms with Gasteiger partial charge in [-0.05, 0) is 32.9 Å². The summed E-state index contributed by atoms with van der Waals surface area (Å²) in [7, 11) is -3.25. The van der Waals surface area contributed by atoms with Gasteiger partial charge in [-0.15, -0.1) is 0 Å². The Balaban J connectivity index is 2.52. The Morgan fingerprint density at radius 3 is 2.35 bits per heavy atom. The monoisotopic (exact) mass is 308 g/mol. The lowest BCUT2D eigenvalue weighted by molar-refractivity contribution is 0.600. The Morgan fingerprint density at radius 1 is 1.05 bits per heavy atom. The van der Waals surface area contributed by atoms with E-state index in [4.69, 9.17) is 0 Å². The van der Waals surface area contributed by atoms with Crippen LogP contribution in [0.25, 0.3) is 0 Å². The van der Waals surface area contributed by atoms with Crippen LogP contribution in [0.4, 0.5) is 0 Å². The maximum Gasteiger partial charge on any atom is 0.176 e. The van der Waals surface area contributed by atoms with Crippen molar-refractivity contribution in [1.82, 2.24) is 9.97 Å². The molecule has 2 rings (SSSR count). The molecule has 0 saturated carbocycles. The molecule has 1 aromatic heterocycles. The second kappa shape index (κ2) is 5.54. The van der Waals surface area contributed by atoms with Gasteiger partial charge < -0.3 is 0 Å². The molecule has 0 atom stereocenters. The minimum Gasteiger partial charge on any atom is -0.238 e. The van der Waals surface area contributed by atoms with E-state index in [-0.39, 0.29) is 0 Å². The fourth-order valence-electron chi connectivity index (χ4n) is 1.78. The summed E-state index contributed by atoms with van der Waals surface area (Å²) in [6, 6.07) is 6.97. The Hall–Kier alpha value is -1.40. The van der Waals surface area contributed by atoms with Crippen LogP contribution in [0.5, 0.6) is 0 Å². The van der Waals surface area contributed by atoms with E-state index in [1.807, 2.05) is 26.8 Å². The Kier molecular flexibility index (Phi) is 4.15. The first-order valence-corrected chi connectivity index (χ1v) is 8.78. The van der Waals surface area contributed by atoms with Crippen LogP contribution >= 0.6 is 11.8 Å². The lowest BCUT2D eigenvalue weighted by Gasteiger charge is -2.10. The molecular weight excluding hydrogens is 292 g/mol. The topological polar surface area (TPSA) is 59.9 Å². The zero-order chi connectivity index (χ0) is 14.9. The normalized spacial score (nSPS) is 11.6. The highest BCUT2D eigenvalue weighted by Crippen LogP contribution is 2.33. The number of rotatable bonds is 3. The largest absolute Gasteiger partial charge is 0.238 e. The average Bonchev–Trinajstić information content (AvgIpc) is 2.34. The summed E-state index contributed by atoms with van der Waals surface area (Å²) in [5.41, 5.74) is 1.89. The number of hydrogen-bond acceptors (Lipinski definition) is 5. The molecule has 0 N–H and O–H groups in total. The summed E-state index contributed by atoms with van der Waals surface area (Å²) in [6.45, 7) is 5.70. The predicted octanol–water partition coefficient (Wildman–Crippen LogP) is 2.96. The third-order valence-corrected chi connectivity index (χ3v) is 5.36. The van der Waals surface area contributed by atoms with E-state index in [1.54, 1.807) is 18.2 Å². The maximum absolute atomic E-state index is 11.8. The van der Waals surface area contributed by atoms with Gasteiger partial charge in [0.05, 0.1) is 4.90 Å². The fourth-order valence-corrected chi connectivity index (χ4v) is 4.12. The highest BCUT2D eigenvalue weighted by atomic mass is 32.2. The van der Waals surface area contributed by atoms with E-state index in [1.165, 1.54) is 18.0 Å². The van der Waals surface area contributed by atoms with E-state index in [0.717, 1.165) is 16.3 Å². The van der Waals surface area contributed by atoms with Crippen molar-refractivity contribution in [2.75, 3.05) is 6.26 Å². The van der Waals surface area contributed by atoms with Gasteiger partial charge in [0.1, 0.15) is 10.9 Å². The summed E-state index contributed by atoms with van der Waals surface area (Å²) in [5, 5.41) is 0.797. The average molecular weight is 308 g/mol. The van der Waals surface area contributed by atoms with Gasteiger partial charge >= 0.3 is 0 Å². The first-order valence-electron chi connectivity index (χ1n) is 6.08. The molecule has 106 valence electrons. The Labute approximate surface area is 123 Å². The fraction of sp³-hybridized carbons (Fsp3) is 0.286. The summed E-state index contributed by atoms with van der Waals surface area (Å²) in [6.07, 6.45) is 1.22. The van der Waals surface area contributed by atoms with Crippen LogP contribution in [-0.4, -0.2) is 24.6 Å². The van der Waals surface area contributed by atoms with Gasteiger partial charge in [-0.3, -0.25) is 0 Å². The van der Waals surface area contributed by atoms with Crippen LogP contribution in [0.2, 0.25) is 0 Å². The van der Waals surface area contributed by atoms with E-state index >= 15 is 0 Å². The molecule has 0 aliphatic rings. The molecule has 0 amide bonds. The molecule has 1 heterocycles. The molecule has 1 aromatic carbocycles. The first kappa shape index (κ1) is 15.0. The van der Waals surface area contributed by atoms with Crippen LogP contribution in [0.3, 0.4) is 0 Å². The van der Waals surface area contributed by atoms with Gasteiger partial charge in [0.2, 0.25) is 0 Å². The third kappa shape index (κ3) is 3.19. The van der Waals surface area contributed by atoms with Crippen molar-refractivity contribution in [3.05, 3.63) is 41.3 Å². The smallest absolute Gasteiger partial charge is 0.176 e. The van der Waals surface area contributed by atoms with Gasteiger partial charge in [-0.1, -0.05) is 23.9 Å². The SMILES string of the molecule is Cc1nc(C)c(C)c(Sc2ccccc2S(C)(=O)=O)n1. The Bertz CT molecular complexity index is 756. The predicted molar refractivity (Wildman–Crippen MR) is 79.9 cm³/mol. The van der Waals surface area contributed by atoms with Gasteiger partial charge in [0, 0.05) is 22.4 Å². The molecule has 0 bridgehead atoms. The van der Waals surface area contributed by atoms with Crippen molar-refractivity contribution >= 4 is 21.6 Å². The molecular formula is C14H16N2O2S2. The van der Waals surface area contributed by atoms with Crippen molar-refractivity contribution in [3.63, 3.8) is 0 Å². The van der Waals surface area contributed by atoms with Gasteiger partial charge in [-0.25, -0.2) is 18.4 Å². The van der Waals surface area contributed by atoms with Crippen LogP contribution in [0.15, 0.2) is 39.1 Å². The number of benzene rings is 1.